The Kier molecular flexibility index (Phi) is 6.81. The Bertz CT molecular complexity index is 1160. The fourth-order valence-electron chi connectivity index (χ4n) is 5.10. The number of hydrogen-bond donors (Lipinski definition) is 0. The van der Waals surface area contributed by atoms with Crippen LogP contribution in [0.1, 0.15) is 33.8 Å². The van der Waals surface area contributed by atoms with E-state index < -0.39 is 0 Å². The molecule has 0 N–H and O–H groups in total. The molecule has 8 heteroatoms. The molecule has 1 aromatic carbocycles. The summed E-state index contributed by atoms with van der Waals surface area (Å²) in [7, 11) is 0. The van der Waals surface area contributed by atoms with Crippen LogP contribution in [0.25, 0.3) is 0 Å². The number of benzene rings is 1. The largest absolute Gasteiger partial charge is 0.338 e. The van der Waals surface area contributed by atoms with Gasteiger partial charge in [0.25, 0.3) is 0 Å². The number of carbonyl (C=O) groups excluding carboxylic acids is 2. The fourth-order valence-corrected chi connectivity index (χ4v) is 6.70. The number of nitrogens with zero attached hydrogens (tertiary/aromatic N) is 3. The Morgan fingerprint density at radius 3 is 2.68 bits per heavy atom. The number of thiophene rings is 2. The third kappa shape index (κ3) is 4.80. The molecule has 34 heavy (non-hydrogen) atoms. The van der Waals surface area contributed by atoms with E-state index >= 15 is 0 Å². The van der Waals surface area contributed by atoms with Gasteiger partial charge in [0.1, 0.15) is 5.82 Å². The van der Waals surface area contributed by atoms with Crippen LogP contribution in [0, 0.1) is 5.82 Å². The zero-order valence-corrected chi connectivity index (χ0v) is 20.8. The molecule has 5 rings (SSSR count). The van der Waals surface area contributed by atoms with Crippen molar-refractivity contribution in [2.75, 3.05) is 32.7 Å². The maximum Gasteiger partial charge on any atom is 0.236 e. The van der Waals surface area contributed by atoms with Crippen LogP contribution < -0.4 is 0 Å². The first kappa shape index (κ1) is 23.2. The fraction of sp³-hybridized carbons (Fsp3) is 0.385. The highest BCUT2D eigenvalue weighted by molar-refractivity contribution is 7.10. The molecule has 0 spiro atoms. The molecule has 2 aromatic heterocycles. The van der Waals surface area contributed by atoms with Gasteiger partial charge in [-0.05, 0) is 59.5 Å². The van der Waals surface area contributed by atoms with Crippen LogP contribution in [0.5, 0.6) is 0 Å². The maximum atomic E-state index is 14.0. The zero-order chi connectivity index (χ0) is 23.7. The minimum atomic E-state index is -0.261. The molecule has 178 valence electrons. The Morgan fingerprint density at radius 1 is 1.03 bits per heavy atom. The second kappa shape index (κ2) is 9.98. The van der Waals surface area contributed by atoms with Crippen LogP contribution >= 0.6 is 22.7 Å². The lowest BCUT2D eigenvalue weighted by atomic mass is 9.93. The quantitative estimate of drug-likeness (QED) is 0.531. The molecule has 1 fully saturated rings. The van der Waals surface area contributed by atoms with Crippen molar-refractivity contribution in [3.63, 3.8) is 0 Å². The third-order valence-corrected chi connectivity index (χ3v) is 8.65. The molecule has 0 bridgehead atoms. The van der Waals surface area contributed by atoms with Crippen molar-refractivity contribution >= 4 is 34.5 Å². The van der Waals surface area contributed by atoms with Gasteiger partial charge in [-0.1, -0.05) is 18.2 Å². The van der Waals surface area contributed by atoms with E-state index in [1.807, 2.05) is 40.3 Å². The van der Waals surface area contributed by atoms with E-state index in [1.54, 1.807) is 34.8 Å². The Labute approximate surface area is 207 Å². The second-order valence-corrected chi connectivity index (χ2v) is 11.0. The van der Waals surface area contributed by atoms with Crippen LogP contribution in [0.3, 0.4) is 0 Å². The molecule has 0 radical (unpaired) electrons. The van der Waals surface area contributed by atoms with Crippen LogP contribution in [-0.2, 0) is 22.4 Å². The first-order valence-corrected chi connectivity index (χ1v) is 13.4. The number of fused-ring (bicyclic) bond motifs is 1. The standard InChI is InChI=1S/C26H28FN3O2S2/c1-18-16-28(10-11-30(18)24(31)15-21-6-3-12-33-21)25(32)17-29-9-7-23-22(8-13-34-23)26(29)19-4-2-5-20(27)14-19/h2-6,8,12-14,18,26H,7,9-11,15-17H2,1H3/t18-,26+/m0/s1. The molecule has 2 atom stereocenters. The number of carbonyl (C=O) groups is 2. The number of piperazine rings is 1. The van der Waals surface area contributed by atoms with Crippen molar-refractivity contribution in [2.45, 2.75) is 31.8 Å². The summed E-state index contributed by atoms with van der Waals surface area (Å²) >= 11 is 3.32. The molecule has 4 heterocycles. The molecule has 3 aromatic rings. The smallest absolute Gasteiger partial charge is 0.236 e. The van der Waals surface area contributed by atoms with Gasteiger partial charge < -0.3 is 9.80 Å². The average molecular weight is 498 g/mol. The molecule has 2 aliphatic heterocycles. The number of amides is 2. The molecule has 0 aliphatic carbocycles. The first-order valence-electron chi connectivity index (χ1n) is 11.6. The van der Waals surface area contributed by atoms with Gasteiger partial charge in [-0.25, -0.2) is 4.39 Å². The van der Waals surface area contributed by atoms with Crippen molar-refractivity contribution < 1.29 is 14.0 Å². The van der Waals surface area contributed by atoms with Gasteiger partial charge in [0.2, 0.25) is 11.8 Å². The van der Waals surface area contributed by atoms with Crippen LogP contribution in [0.15, 0.2) is 53.2 Å². The van der Waals surface area contributed by atoms with Gasteiger partial charge in [0, 0.05) is 42.0 Å². The van der Waals surface area contributed by atoms with E-state index in [-0.39, 0.29) is 36.3 Å². The summed E-state index contributed by atoms with van der Waals surface area (Å²) in [5.41, 5.74) is 2.05. The van der Waals surface area contributed by atoms with E-state index in [2.05, 4.69) is 16.3 Å². The first-order chi connectivity index (χ1) is 16.5. The Balaban J connectivity index is 1.26. The van der Waals surface area contributed by atoms with Gasteiger partial charge >= 0.3 is 0 Å². The minimum absolute atomic E-state index is 0.0194. The van der Waals surface area contributed by atoms with E-state index in [0.29, 0.717) is 26.1 Å². The lowest BCUT2D eigenvalue weighted by Gasteiger charge is -2.42. The molecular weight excluding hydrogens is 469 g/mol. The number of halogens is 1. The van der Waals surface area contributed by atoms with E-state index in [9.17, 15) is 14.0 Å². The van der Waals surface area contributed by atoms with Crippen molar-refractivity contribution in [1.82, 2.24) is 14.7 Å². The van der Waals surface area contributed by atoms with E-state index in [0.717, 1.165) is 23.4 Å². The molecular formula is C26H28FN3O2S2. The van der Waals surface area contributed by atoms with Crippen molar-refractivity contribution in [3.05, 3.63) is 79.9 Å². The SMILES string of the molecule is C[C@H]1CN(C(=O)CN2CCc3sccc3[C@H]2c2cccc(F)c2)CCN1C(=O)Cc1cccs1. The average Bonchev–Trinajstić information content (AvgIpc) is 3.50. The van der Waals surface area contributed by atoms with Crippen molar-refractivity contribution in [2.24, 2.45) is 0 Å². The third-order valence-electron chi connectivity index (χ3n) is 6.77. The molecule has 2 aliphatic rings. The predicted octanol–water partition coefficient (Wildman–Crippen LogP) is 4.20. The summed E-state index contributed by atoms with van der Waals surface area (Å²) in [5.74, 6) is -0.0742. The van der Waals surface area contributed by atoms with Crippen molar-refractivity contribution in [1.29, 1.82) is 0 Å². The van der Waals surface area contributed by atoms with Gasteiger partial charge in [-0.3, -0.25) is 14.5 Å². The van der Waals surface area contributed by atoms with Crippen LogP contribution in [0.4, 0.5) is 4.39 Å². The highest BCUT2D eigenvalue weighted by Gasteiger charge is 2.34. The maximum absolute atomic E-state index is 14.0. The van der Waals surface area contributed by atoms with Gasteiger partial charge in [0.05, 0.1) is 19.0 Å². The summed E-state index contributed by atoms with van der Waals surface area (Å²) in [6.45, 7) is 4.69. The number of hydrogen-bond acceptors (Lipinski definition) is 5. The molecule has 0 saturated carbocycles. The molecule has 0 unspecified atom stereocenters. The summed E-state index contributed by atoms with van der Waals surface area (Å²) in [4.78, 5) is 34.5. The Hall–Kier alpha value is -2.55. The predicted molar refractivity (Wildman–Crippen MR) is 134 cm³/mol. The van der Waals surface area contributed by atoms with Gasteiger partial charge in [0.15, 0.2) is 0 Å². The normalized spacial score (nSPS) is 20.9. The summed E-state index contributed by atoms with van der Waals surface area (Å²) < 4.78 is 14.0. The van der Waals surface area contributed by atoms with Crippen LogP contribution in [0.2, 0.25) is 0 Å². The highest BCUT2D eigenvalue weighted by atomic mass is 32.1. The van der Waals surface area contributed by atoms with Gasteiger partial charge in [-0.2, -0.15) is 0 Å². The zero-order valence-electron chi connectivity index (χ0n) is 19.2. The lowest BCUT2D eigenvalue weighted by molar-refractivity contribution is -0.143. The Morgan fingerprint density at radius 2 is 1.91 bits per heavy atom. The van der Waals surface area contributed by atoms with E-state index in [4.69, 9.17) is 0 Å². The monoisotopic (exact) mass is 497 g/mol. The highest BCUT2D eigenvalue weighted by Crippen LogP contribution is 2.37. The summed E-state index contributed by atoms with van der Waals surface area (Å²) in [6, 6.07) is 12.6. The lowest BCUT2D eigenvalue weighted by Crippen LogP contribution is -2.57. The van der Waals surface area contributed by atoms with Crippen LogP contribution in [-0.4, -0.2) is 65.3 Å². The van der Waals surface area contributed by atoms with E-state index in [1.165, 1.54) is 16.5 Å². The number of rotatable bonds is 5. The molecule has 1 saturated heterocycles. The summed E-state index contributed by atoms with van der Waals surface area (Å²) in [5, 5.41) is 4.07. The van der Waals surface area contributed by atoms with Gasteiger partial charge in [-0.15, -0.1) is 22.7 Å². The summed E-state index contributed by atoms with van der Waals surface area (Å²) in [6.07, 6.45) is 1.31. The molecule has 2 amide bonds. The van der Waals surface area contributed by atoms with Crippen molar-refractivity contribution in [3.8, 4) is 0 Å². The molecule has 5 nitrogen and oxygen atoms in total. The second-order valence-electron chi connectivity index (χ2n) is 9.01. The minimum Gasteiger partial charge on any atom is -0.338 e. The topological polar surface area (TPSA) is 43.9 Å².